The zero-order valence-corrected chi connectivity index (χ0v) is 24.3. The van der Waals surface area contributed by atoms with Crippen molar-refractivity contribution in [3.05, 3.63) is 80.3 Å². The Bertz CT molecular complexity index is 1270. The van der Waals surface area contributed by atoms with E-state index in [4.69, 9.17) is 28.2 Å². The van der Waals surface area contributed by atoms with Gasteiger partial charge >= 0.3 is 5.97 Å². The third-order valence-corrected chi connectivity index (χ3v) is 8.15. The van der Waals surface area contributed by atoms with E-state index in [1.807, 2.05) is 17.0 Å². The van der Waals surface area contributed by atoms with Crippen molar-refractivity contribution < 1.29 is 14.7 Å². The van der Waals surface area contributed by atoms with Crippen molar-refractivity contribution in [2.75, 3.05) is 0 Å². The van der Waals surface area contributed by atoms with Crippen molar-refractivity contribution in [2.24, 2.45) is 10.4 Å². The van der Waals surface area contributed by atoms with Crippen LogP contribution in [-0.2, 0) is 4.79 Å². The van der Waals surface area contributed by atoms with Crippen LogP contribution >= 0.6 is 23.2 Å². The molecule has 7 heteroatoms. The van der Waals surface area contributed by atoms with Crippen molar-refractivity contribution in [3.63, 3.8) is 0 Å². The molecule has 1 spiro atoms. The Balaban J connectivity index is 1.83. The SMILES string of the molecule is CC(C)=C1CCC2(CC1)N=C(c1cc(Cl)cc(Cl)c1)C(=O)N2C(CCC(C)(C)C)c1ccc(C(=O)O)cc1. The first-order chi connectivity index (χ1) is 17.8. The molecule has 1 atom stereocenters. The number of halogens is 2. The number of nitrogens with zero attached hydrogens (tertiary/aromatic N) is 2. The summed E-state index contributed by atoms with van der Waals surface area (Å²) in [6, 6.07) is 11.8. The molecule has 4 rings (SSSR count). The lowest BCUT2D eigenvalue weighted by Crippen LogP contribution is -2.50. The first-order valence-corrected chi connectivity index (χ1v) is 13.9. The lowest BCUT2D eigenvalue weighted by Gasteiger charge is -2.45. The highest BCUT2D eigenvalue weighted by Crippen LogP contribution is 2.48. The van der Waals surface area contributed by atoms with Gasteiger partial charge in [-0.2, -0.15) is 0 Å². The van der Waals surface area contributed by atoms with Gasteiger partial charge < -0.3 is 10.0 Å². The zero-order chi connectivity index (χ0) is 27.8. The number of aliphatic imine (C=N–C) groups is 1. The van der Waals surface area contributed by atoms with E-state index in [9.17, 15) is 14.7 Å². The van der Waals surface area contributed by atoms with Crippen LogP contribution in [0.25, 0.3) is 0 Å². The Hall–Kier alpha value is -2.63. The van der Waals surface area contributed by atoms with Crippen LogP contribution in [0.4, 0.5) is 0 Å². The largest absolute Gasteiger partial charge is 0.478 e. The normalized spacial score (nSPS) is 20.6. The molecular formula is C31H36Cl2N2O3. The number of aromatic carboxylic acids is 1. The molecule has 0 radical (unpaired) electrons. The van der Waals surface area contributed by atoms with Gasteiger partial charge in [-0.25, -0.2) is 4.79 Å². The maximum atomic E-state index is 14.3. The molecule has 202 valence electrons. The fraction of sp³-hybridized carbons (Fsp3) is 0.452. The minimum Gasteiger partial charge on any atom is -0.478 e. The number of carbonyl (C=O) groups is 2. The van der Waals surface area contributed by atoms with Gasteiger partial charge in [-0.05, 0) is 93.7 Å². The smallest absolute Gasteiger partial charge is 0.335 e. The van der Waals surface area contributed by atoms with Crippen molar-refractivity contribution in [1.82, 2.24) is 4.90 Å². The Morgan fingerprint density at radius 3 is 2.13 bits per heavy atom. The van der Waals surface area contributed by atoms with E-state index in [-0.39, 0.29) is 22.9 Å². The monoisotopic (exact) mass is 554 g/mol. The Morgan fingerprint density at radius 2 is 1.63 bits per heavy atom. The summed E-state index contributed by atoms with van der Waals surface area (Å²) in [5.41, 5.74) is 4.28. The van der Waals surface area contributed by atoms with E-state index in [0.717, 1.165) is 44.1 Å². The second-order valence-corrected chi connectivity index (χ2v) is 12.8. The number of amides is 1. The van der Waals surface area contributed by atoms with Crippen LogP contribution in [-0.4, -0.2) is 33.3 Å². The number of allylic oxidation sites excluding steroid dienone is 2. The molecule has 1 unspecified atom stereocenters. The van der Waals surface area contributed by atoms with E-state index in [0.29, 0.717) is 21.3 Å². The predicted octanol–water partition coefficient (Wildman–Crippen LogP) is 8.50. The van der Waals surface area contributed by atoms with Gasteiger partial charge in [-0.1, -0.05) is 67.3 Å². The van der Waals surface area contributed by atoms with Crippen LogP contribution in [0.2, 0.25) is 10.0 Å². The van der Waals surface area contributed by atoms with Crippen LogP contribution < -0.4 is 0 Å². The molecule has 2 aromatic rings. The molecule has 5 nitrogen and oxygen atoms in total. The molecule has 1 fully saturated rings. The van der Waals surface area contributed by atoms with Crippen molar-refractivity contribution in [3.8, 4) is 0 Å². The number of rotatable bonds is 6. The van der Waals surface area contributed by atoms with Crippen molar-refractivity contribution in [1.29, 1.82) is 0 Å². The molecule has 2 aromatic carbocycles. The molecule has 1 heterocycles. The fourth-order valence-electron chi connectivity index (χ4n) is 5.59. The summed E-state index contributed by atoms with van der Waals surface area (Å²) in [6.45, 7) is 10.9. The maximum absolute atomic E-state index is 14.3. The minimum absolute atomic E-state index is 0.0567. The van der Waals surface area contributed by atoms with E-state index >= 15 is 0 Å². The number of carboxylic acids is 1. The molecule has 1 aliphatic carbocycles. The van der Waals surface area contributed by atoms with Crippen LogP contribution in [0.3, 0.4) is 0 Å². The first kappa shape index (κ1) is 28.4. The molecule has 1 amide bonds. The standard InChI is InChI=1S/C31H36Cl2N2O3/c1-19(2)20-10-14-31(15-11-20)34-27(23-16-24(32)18-25(33)17-23)28(36)35(31)26(12-13-30(3,4)5)21-6-8-22(9-7-21)29(37)38/h6-9,16-18,26H,10-15H2,1-5H3,(H,37,38). The van der Waals surface area contributed by atoms with Gasteiger partial charge in [0.15, 0.2) is 0 Å². The van der Waals surface area contributed by atoms with Gasteiger partial charge in [-0.15, -0.1) is 0 Å². The number of benzene rings is 2. The Morgan fingerprint density at radius 1 is 1.05 bits per heavy atom. The number of carboxylic acid groups (broad SMARTS) is 1. The lowest BCUT2D eigenvalue weighted by molar-refractivity contribution is -0.132. The summed E-state index contributed by atoms with van der Waals surface area (Å²) in [7, 11) is 0. The highest BCUT2D eigenvalue weighted by molar-refractivity contribution is 6.47. The van der Waals surface area contributed by atoms with Crippen LogP contribution in [0.1, 0.15) is 101 Å². The lowest BCUT2D eigenvalue weighted by atomic mass is 9.81. The van der Waals surface area contributed by atoms with Crippen molar-refractivity contribution >= 4 is 40.8 Å². The molecule has 0 saturated heterocycles. The summed E-state index contributed by atoms with van der Waals surface area (Å²) in [5.74, 6) is -1.10. The van der Waals surface area contributed by atoms with E-state index in [1.165, 1.54) is 11.1 Å². The third kappa shape index (κ3) is 6.00. The average Bonchev–Trinajstić information content (AvgIpc) is 3.10. The number of carbonyl (C=O) groups excluding carboxylic acids is 1. The van der Waals surface area contributed by atoms with Crippen molar-refractivity contribution in [2.45, 2.75) is 84.8 Å². The topological polar surface area (TPSA) is 70.0 Å². The molecule has 1 saturated carbocycles. The Kier molecular flexibility index (Phi) is 8.11. The molecule has 0 aromatic heterocycles. The summed E-state index contributed by atoms with van der Waals surface area (Å²) in [5, 5.41) is 10.4. The third-order valence-electron chi connectivity index (χ3n) is 7.71. The van der Waals surface area contributed by atoms with Gasteiger partial charge in [0, 0.05) is 15.6 Å². The number of hydrogen-bond acceptors (Lipinski definition) is 3. The summed E-state index contributed by atoms with van der Waals surface area (Å²) in [4.78, 5) is 33.0. The maximum Gasteiger partial charge on any atom is 0.335 e. The van der Waals surface area contributed by atoms with Crippen LogP contribution in [0.5, 0.6) is 0 Å². The summed E-state index contributed by atoms with van der Waals surface area (Å²) >= 11 is 12.6. The molecule has 2 aliphatic rings. The summed E-state index contributed by atoms with van der Waals surface area (Å²) in [6.07, 6.45) is 4.84. The molecule has 1 N–H and O–H groups in total. The number of hydrogen-bond donors (Lipinski definition) is 1. The Labute approximate surface area is 235 Å². The van der Waals surface area contributed by atoms with Gasteiger partial charge in [-0.3, -0.25) is 9.79 Å². The van der Waals surface area contributed by atoms with Gasteiger partial charge in [0.1, 0.15) is 11.4 Å². The predicted molar refractivity (Wildman–Crippen MR) is 154 cm³/mol. The van der Waals surface area contributed by atoms with Crippen LogP contribution in [0, 0.1) is 5.41 Å². The highest BCUT2D eigenvalue weighted by Gasteiger charge is 2.51. The van der Waals surface area contributed by atoms with E-state index in [1.54, 1.807) is 30.3 Å². The van der Waals surface area contributed by atoms with E-state index < -0.39 is 11.6 Å². The summed E-state index contributed by atoms with van der Waals surface area (Å²) < 4.78 is 0. The molecule has 38 heavy (non-hydrogen) atoms. The van der Waals surface area contributed by atoms with Gasteiger partial charge in [0.05, 0.1) is 11.6 Å². The van der Waals surface area contributed by atoms with Gasteiger partial charge in [0.2, 0.25) is 0 Å². The van der Waals surface area contributed by atoms with Gasteiger partial charge in [0.25, 0.3) is 5.91 Å². The van der Waals surface area contributed by atoms with Crippen LogP contribution in [0.15, 0.2) is 58.6 Å². The second-order valence-electron chi connectivity index (χ2n) is 11.9. The average molecular weight is 556 g/mol. The zero-order valence-electron chi connectivity index (χ0n) is 22.8. The minimum atomic E-state index is -0.971. The fourth-order valence-corrected chi connectivity index (χ4v) is 6.12. The first-order valence-electron chi connectivity index (χ1n) is 13.2. The quantitative estimate of drug-likeness (QED) is 0.364. The molecular weight excluding hydrogens is 519 g/mol. The van der Waals surface area contributed by atoms with E-state index in [2.05, 4.69) is 34.6 Å². The highest BCUT2D eigenvalue weighted by atomic mass is 35.5. The second kappa shape index (κ2) is 10.9. The molecule has 0 bridgehead atoms. The molecule has 1 aliphatic heterocycles.